The number of alkyl halides is 3. The van der Waals surface area contributed by atoms with E-state index in [-0.39, 0.29) is 6.61 Å². The molecule has 0 aromatic heterocycles. The molecular formula is C11H12F3N3O2. The largest absolute Gasteiger partial charge is 0.491 e. The van der Waals surface area contributed by atoms with E-state index in [2.05, 4.69) is 5.32 Å². The molecule has 1 atom stereocenters. The molecule has 4 N–H and O–H groups in total. The molecule has 8 heteroatoms. The highest BCUT2D eigenvalue weighted by molar-refractivity contribution is 5.75. The molecule has 104 valence electrons. The van der Waals surface area contributed by atoms with Crippen molar-refractivity contribution in [2.24, 2.45) is 0 Å². The monoisotopic (exact) mass is 275 g/mol. The van der Waals surface area contributed by atoms with Crippen LogP contribution in [-0.2, 0) is 0 Å². The number of carbonyl (C=O) groups is 1. The van der Waals surface area contributed by atoms with Crippen LogP contribution in [0.1, 0.15) is 11.6 Å². The number of nitrogen functional groups attached to an aromatic ring is 1. The Balaban J connectivity index is 1.94. The van der Waals surface area contributed by atoms with Gasteiger partial charge in [0.2, 0.25) is 0 Å². The van der Waals surface area contributed by atoms with Gasteiger partial charge in [-0.2, -0.15) is 13.2 Å². The summed E-state index contributed by atoms with van der Waals surface area (Å²) in [7, 11) is 0. The van der Waals surface area contributed by atoms with Gasteiger partial charge in [-0.05, 0) is 6.07 Å². The first-order valence-corrected chi connectivity index (χ1v) is 5.48. The fourth-order valence-corrected chi connectivity index (χ4v) is 1.74. The fourth-order valence-electron chi connectivity index (χ4n) is 1.74. The zero-order valence-corrected chi connectivity index (χ0v) is 9.75. The molecule has 1 aromatic rings. The molecule has 0 saturated carbocycles. The third-order valence-corrected chi connectivity index (χ3v) is 2.57. The SMILES string of the molecule is Nc1ccc2c(c1)OC[C@H]2NC(=O)NCC(F)(F)F. The van der Waals surface area contributed by atoms with Gasteiger partial charge in [-0.3, -0.25) is 0 Å². The van der Waals surface area contributed by atoms with Crippen molar-refractivity contribution in [1.29, 1.82) is 0 Å². The lowest BCUT2D eigenvalue weighted by Gasteiger charge is -2.13. The number of nitrogens with one attached hydrogen (secondary N) is 2. The third kappa shape index (κ3) is 3.43. The summed E-state index contributed by atoms with van der Waals surface area (Å²) in [5, 5.41) is 4.15. The number of halogens is 3. The molecule has 0 bridgehead atoms. The van der Waals surface area contributed by atoms with Crippen LogP contribution in [0.25, 0.3) is 0 Å². The Morgan fingerprint density at radius 2 is 2.21 bits per heavy atom. The van der Waals surface area contributed by atoms with Crippen LogP contribution >= 0.6 is 0 Å². The molecule has 1 aromatic carbocycles. The minimum absolute atomic E-state index is 0.165. The molecule has 1 heterocycles. The Bertz CT molecular complexity index is 491. The van der Waals surface area contributed by atoms with Crippen LogP contribution in [0.15, 0.2) is 18.2 Å². The van der Waals surface area contributed by atoms with Crippen molar-refractivity contribution < 1.29 is 22.7 Å². The fraction of sp³-hybridized carbons (Fsp3) is 0.364. The van der Waals surface area contributed by atoms with E-state index in [1.165, 1.54) is 0 Å². The molecule has 0 aliphatic carbocycles. The van der Waals surface area contributed by atoms with Crippen molar-refractivity contribution in [3.05, 3.63) is 23.8 Å². The summed E-state index contributed by atoms with van der Waals surface area (Å²) in [6, 6.07) is 3.53. The average molecular weight is 275 g/mol. The number of urea groups is 1. The summed E-state index contributed by atoms with van der Waals surface area (Å²) in [6.45, 7) is -1.21. The van der Waals surface area contributed by atoms with E-state index >= 15 is 0 Å². The van der Waals surface area contributed by atoms with Crippen LogP contribution in [0.3, 0.4) is 0 Å². The summed E-state index contributed by atoms with van der Waals surface area (Å²) in [6.07, 6.45) is -4.43. The van der Waals surface area contributed by atoms with Gasteiger partial charge in [0.1, 0.15) is 18.9 Å². The van der Waals surface area contributed by atoms with Gasteiger partial charge in [0, 0.05) is 17.3 Å². The Morgan fingerprint density at radius 3 is 2.89 bits per heavy atom. The normalized spacial score (nSPS) is 17.5. The number of hydrogen-bond donors (Lipinski definition) is 3. The predicted molar refractivity (Wildman–Crippen MR) is 61.7 cm³/mol. The van der Waals surface area contributed by atoms with Crippen molar-refractivity contribution in [2.75, 3.05) is 18.9 Å². The molecule has 5 nitrogen and oxygen atoms in total. The number of ether oxygens (including phenoxy) is 1. The lowest BCUT2D eigenvalue weighted by Crippen LogP contribution is -2.42. The number of rotatable bonds is 2. The zero-order valence-electron chi connectivity index (χ0n) is 9.75. The quantitative estimate of drug-likeness (QED) is 0.717. The smallest absolute Gasteiger partial charge is 0.405 e. The van der Waals surface area contributed by atoms with Crippen LogP contribution in [0, 0.1) is 0 Å². The lowest BCUT2D eigenvalue weighted by atomic mass is 10.1. The highest BCUT2D eigenvalue weighted by atomic mass is 19.4. The minimum Gasteiger partial charge on any atom is -0.491 e. The van der Waals surface area contributed by atoms with E-state index in [9.17, 15) is 18.0 Å². The topological polar surface area (TPSA) is 76.4 Å². The second kappa shape index (κ2) is 4.87. The van der Waals surface area contributed by atoms with Crippen molar-refractivity contribution in [2.45, 2.75) is 12.2 Å². The molecule has 2 amide bonds. The molecule has 1 aliphatic rings. The first kappa shape index (κ1) is 13.3. The Labute approximate surface area is 106 Å². The lowest BCUT2D eigenvalue weighted by molar-refractivity contribution is -0.122. The van der Waals surface area contributed by atoms with Gasteiger partial charge in [-0.15, -0.1) is 0 Å². The van der Waals surface area contributed by atoms with Crippen molar-refractivity contribution in [3.63, 3.8) is 0 Å². The Morgan fingerprint density at radius 1 is 1.47 bits per heavy atom. The van der Waals surface area contributed by atoms with Crippen LogP contribution in [0.5, 0.6) is 5.75 Å². The summed E-state index contributed by atoms with van der Waals surface area (Å²) in [5.41, 5.74) is 6.77. The Kier molecular flexibility index (Phi) is 3.41. The van der Waals surface area contributed by atoms with Gasteiger partial charge in [-0.1, -0.05) is 6.07 Å². The molecule has 0 radical (unpaired) electrons. The number of benzene rings is 1. The van der Waals surface area contributed by atoms with E-state index in [0.717, 1.165) is 0 Å². The summed E-state index contributed by atoms with van der Waals surface area (Å²) >= 11 is 0. The summed E-state index contributed by atoms with van der Waals surface area (Å²) in [5.74, 6) is 0.529. The van der Waals surface area contributed by atoms with Crippen LogP contribution in [0.2, 0.25) is 0 Å². The van der Waals surface area contributed by atoms with Crippen LogP contribution in [-0.4, -0.2) is 25.4 Å². The average Bonchev–Trinajstić information content (AvgIpc) is 2.68. The number of hydrogen-bond acceptors (Lipinski definition) is 3. The van der Waals surface area contributed by atoms with E-state index in [1.54, 1.807) is 23.5 Å². The molecule has 2 rings (SSSR count). The maximum atomic E-state index is 11.9. The predicted octanol–water partition coefficient (Wildman–Crippen LogP) is 1.56. The van der Waals surface area contributed by atoms with Gasteiger partial charge in [0.05, 0.1) is 6.04 Å². The van der Waals surface area contributed by atoms with E-state index in [4.69, 9.17) is 10.5 Å². The number of anilines is 1. The first-order valence-electron chi connectivity index (χ1n) is 5.48. The number of nitrogens with two attached hydrogens (primary N) is 1. The van der Waals surface area contributed by atoms with Crippen molar-refractivity contribution in [3.8, 4) is 5.75 Å². The molecule has 0 unspecified atom stereocenters. The highest BCUT2D eigenvalue weighted by Gasteiger charge is 2.29. The molecule has 0 spiro atoms. The minimum atomic E-state index is -4.43. The molecule has 1 aliphatic heterocycles. The zero-order chi connectivity index (χ0) is 14.0. The molecule has 19 heavy (non-hydrogen) atoms. The Hall–Kier alpha value is -2.12. The summed E-state index contributed by atoms with van der Waals surface area (Å²) < 4.78 is 41.1. The van der Waals surface area contributed by atoms with Gasteiger partial charge in [-0.25, -0.2) is 4.79 Å². The van der Waals surface area contributed by atoms with Crippen molar-refractivity contribution in [1.82, 2.24) is 10.6 Å². The van der Waals surface area contributed by atoms with E-state index < -0.39 is 24.8 Å². The number of amides is 2. The maximum absolute atomic E-state index is 11.9. The van der Waals surface area contributed by atoms with Crippen molar-refractivity contribution >= 4 is 11.7 Å². The molecular weight excluding hydrogens is 263 g/mol. The molecule has 0 saturated heterocycles. The molecule has 0 fully saturated rings. The second-order valence-electron chi connectivity index (χ2n) is 4.10. The third-order valence-electron chi connectivity index (χ3n) is 2.57. The first-order chi connectivity index (χ1) is 8.85. The van der Waals surface area contributed by atoms with Crippen LogP contribution in [0.4, 0.5) is 23.7 Å². The van der Waals surface area contributed by atoms with Crippen LogP contribution < -0.4 is 21.1 Å². The van der Waals surface area contributed by atoms with Gasteiger partial charge >= 0.3 is 12.2 Å². The number of fused-ring (bicyclic) bond motifs is 1. The standard InChI is InChI=1S/C11H12F3N3O2/c12-11(13,14)5-16-10(18)17-8-4-19-9-3-6(15)1-2-7(8)9/h1-3,8H,4-5,15H2,(H2,16,17,18)/t8-/m1/s1. The van der Waals surface area contributed by atoms with Gasteiger partial charge < -0.3 is 21.1 Å². The highest BCUT2D eigenvalue weighted by Crippen LogP contribution is 2.33. The van der Waals surface area contributed by atoms with Gasteiger partial charge in [0.25, 0.3) is 0 Å². The van der Waals surface area contributed by atoms with Gasteiger partial charge in [0.15, 0.2) is 0 Å². The maximum Gasteiger partial charge on any atom is 0.405 e. The second-order valence-corrected chi connectivity index (χ2v) is 4.10. The summed E-state index contributed by atoms with van der Waals surface area (Å²) in [4.78, 5) is 11.3. The number of carbonyl (C=O) groups excluding carboxylic acids is 1. The van der Waals surface area contributed by atoms with E-state index in [0.29, 0.717) is 17.0 Å². The van der Waals surface area contributed by atoms with E-state index in [1.807, 2.05) is 0 Å².